The molecular weight excluding hydrogens is 179 g/mol. The third kappa shape index (κ3) is 1.16. The van der Waals surface area contributed by atoms with Gasteiger partial charge in [0, 0.05) is 5.56 Å². The fourth-order valence-corrected chi connectivity index (χ4v) is 1.62. The zero-order valence-corrected chi connectivity index (χ0v) is 7.20. The summed E-state index contributed by atoms with van der Waals surface area (Å²) < 4.78 is 18.4. The van der Waals surface area contributed by atoms with Crippen LogP contribution < -0.4 is 4.74 Å². The van der Waals surface area contributed by atoms with Crippen molar-refractivity contribution in [2.75, 3.05) is 6.61 Å². The molecule has 0 aromatic heterocycles. The van der Waals surface area contributed by atoms with Crippen LogP contribution in [0.15, 0.2) is 12.1 Å². The Labute approximate surface area is 75.1 Å². The zero-order valence-electron chi connectivity index (χ0n) is 6.44. The average molecular weight is 187 g/mol. The van der Waals surface area contributed by atoms with E-state index in [1.807, 2.05) is 0 Å². The van der Waals surface area contributed by atoms with Crippen molar-refractivity contribution in [1.82, 2.24) is 0 Å². The van der Waals surface area contributed by atoms with Crippen molar-refractivity contribution in [1.29, 1.82) is 0 Å². The van der Waals surface area contributed by atoms with Crippen LogP contribution in [-0.2, 0) is 6.42 Å². The lowest BCUT2D eigenvalue weighted by atomic mass is 10.1. The average Bonchev–Trinajstić information content (AvgIpc) is 2.12. The summed E-state index contributed by atoms with van der Waals surface area (Å²) in [6.45, 7) is 0.635. The Morgan fingerprint density at radius 3 is 3.00 bits per heavy atom. The van der Waals surface area contributed by atoms with Gasteiger partial charge in [0.15, 0.2) is 0 Å². The molecule has 2 rings (SSSR count). The molecule has 64 valence electrons. The number of fused-ring (bicyclic) bond motifs is 1. The minimum absolute atomic E-state index is 0.214. The predicted octanol–water partition coefficient (Wildman–Crippen LogP) is 2.80. The second-order valence-corrected chi connectivity index (χ2v) is 3.20. The normalized spacial score (nSPS) is 15.2. The molecule has 1 nitrogen and oxygen atoms in total. The summed E-state index contributed by atoms with van der Waals surface area (Å²) in [6, 6.07) is 2.91. The lowest BCUT2D eigenvalue weighted by Gasteiger charge is -2.18. The van der Waals surface area contributed by atoms with E-state index in [1.54, 1.807) is 0 Å². The van der Waals surface area contributed by atoms with Crippen molar-refractivity contribution in [2.24, 2.45) is 0 Å². The molecule has 1 aliphatic heterocycles. The highest BCUT2D eigenvalue weighted by Crippen LogP contribution is 2.34. The molecule has 0 bridgehead atoms. The van der Waals surface area contributed by atoms with Crippen molar-refractivity contribution in [3.63, 3.8) is 0 Å². The van der Waals surface area contributed by atoms with Crippen LogP contribution >= 0.6 is 11.6 Å². The van der Waals surface area contributed by atoms with Crippen molar-refractivity contribution in [3.05, 3.63) is 28.5 Å². The molecule has 0 aliphatic carbocycles. The van der Waals surface area contributed by atoms with Crippen LogP contribution in [0.25, 0.3) is 0 Å². The van der Waals surface area contributed by atoms with Crippen molar-refractivity contribution >= 4 is 11.6 Å². The predicted molar refractivity (Wildman–Crippen MR) is 45.2 cm³/mol. The van der Waals surface area contributed by atoms with E-state index in [4.69, 9.17) is 16.3 Å². The number of hydrogen-bond donors (Lipinski definition) is 0. The van der Waals surface area contributed by atoms with Crippen LogP contribution in [0.2, 0.25) is 5.02 Å². The Morgan fingerprint density at radius 2 is 2.25 bits per heavy atom. The van der Waals surface area contributed by atoms with E-state index in [0.717, 1.165) is 12.8 Å². The van der Waals surface area contributed by atoms with Crippen molar-refractivity contribution < 1.29 is 9.13 Å². The number of rotatable bonds is 0. The van der Waals surface area contributed by atoms with Gasteiger partial charge in [0.25, 0.3) is 0 Å². The van der Waals surface area contributed by atoms with Gasteiger partial charge in [-0.1, -0.05) is 11.6 Å². The largest absolute Gasteiger partial charge is 0.492 e. The van der Waals surface area contributed by atoms with Crippen LogP contribution in [0.4, 0.5) is 4.39 Å². The highest BCUT2D eigenvalue weighted by molar-refractivity contribution is 6.32. The molecule has 1 aromatic rings. The summed E-state index contributed by atoms with van der Waals surface area (Å²) in [5, 5.41) is 0.506. The summed E-state index contributed by atoms with van der Waals surface area (Å²) >= 11 is 5.82. The summed E-state index contributed by atoms with van der Waals surface area (Å²) in [6.07, 6.45) is 1.59. The molecule has 0 fully saturated rings. The van der Waals surface area contributed by atoms with Gasteiger partial charge in [-0.15, -0.1) is 0 Å². The van der Waals surface area contributed by atoms with Gasteiger partial charge in [-0.3, -0.25) is 0 Å². The van der Waals surface area contributed by atoms with Crippen molar-refractivity contribution in [3.8, 4) is 5.75 Å². The van der Waals surface area contributed by atoms with Crippen LogP contribution in [0.1, 0.15) is 12.0 Å². The number of hydrogen-bond acceptors (Lipinski definition) is 1. The van der Waals surface area contributed by atoms with Crippen molar-refractivity contribution in [2.45, 2.75) is 12.8 Å². The lowest BCUT2D eigenvalue weighted by molar-refractivity contribution is 0.284. The zero-order chi connectivity index (χ0) is 8.55. The Hall–Kier alpha value is -0.760. The van der Waals surface area contributed by atoms with E-state index in [2.05, 4.69) is 0 Å². The van der Waals surface area contributed by atoms with E-state index in [9.17, 15) is 4.39 Å². The first-order chi connectivity index (χ1) is 5.79. The Balaban J connectivity index is 2.57. The van der Waals surface area contributed by atoms with Gasteiger partial charge >= 0.3 is 0 Å². The quantitative estimate of drug-likeness (QED) is 0.606. The number of benzene rings is 1. The molecule has 1 heterocycles. The summed E-state index contributed by atoms with van der Waals surface area (Å²) in [4.78, 5) is 0. The molecule has 1 aliphatic rings. The molecule has 3 heteroatoms. The standard InChI is InChI=1S/C9H8ClFO/c10-7-3-4-8(11)6-2-1-5-12-9(6)7/h3-4H,1-2,5H2. The molecular formula is C9H8ClFO. The lowest BCUT2D eigenvalue weighted by Crippen LogP contribution is -2.10. The van der Waals surface area contributed by atoms with Gasteiger partial charge in [-0.05, 0) is 25.0 Å². The molecule has 1 aromatic carbocycles. The van der Waals surface area contributed by atoms with Crippen LogP contribution in [0.5, 0.6) is 5.75 Å². The maximum absolute atomic E-state index is 13.1. The molecule has 0 spiro atoms. The summed E-state index contributed by atoms with van der Waals surface area (Å²) in [7, 11) is 0. The Bertz CT molecular complexity index is 281. The third-order valence-electron chi connectivity index (χ3n) is 1.97. The molecule has 12 heavy (non-hydrogen) atoms. The number of halogens is 2. The van der Waals surface area contributed by atoms with Crippen LogP contribution in [0.3, 0.4) is 0 Å². The second kappa shape index (κ2) is 2.94. The van der Waals surface area contributed by atoms with E-state index in [0.29, 0.717) is 22.9 Å². The Morgan fingerprint density at radius 1 is 1.42 bits per heavy atom. The van der Waals surface area contributed by atoms with Gasteiger partial charge in [0.1, 0.15) is 11.6 Å². The maximum Gasteiger partial charge on any atom is 0.143 e. The highest BCUT2D eigenvalue weighted by atomic mass is 35.5. The van der Waals surface area contributed by atoms with Crippen LogP contribution in [0, 0.1) is 5.82 Å². The fourth-order valence-electron chi connectivity index (χ4n) is 1.39. The molecule has 0 N–H and O–H groups in total. The van der Waals surface area contributed by atoms with Gasteiger partial charge in [0.2, 0.25) is 0 Å². The molecule has 0 saturated carbocycles. The van der Waals surface area contributed by atoms with Gasteiger partial charge in [0.05, 0.1) is 11.6 Å². The molecule has 0 radical (unpaired) electrons. The molecule has 0 unspecified atom stereocenters. The minimum Gasteiger partial charge on any atom is -0.492 e. The fraction of sp³-hybridized carbons (Fsp3) is 0.333. The third-order valence-corrected chi connectivity index (χ3v) is 2.27. The van der Waals surface area contributed by atoms with E-state index < -0.39 is 0 Å². The van der Waals surface area contributed by atoms with E-state index >= 15 is 0 Å². The first kappa shape index (κ1) is 7.87. The first-order valence-electron chi connectivity index (χ1n) is 3.89. The Kier molecular flexibility index (Phi) is 1.93. The molecule has 0 amide bonds. The SMILES string of the molecule is Fc1ccc(Cl)c2c1CCCO2. The maximum atomic E-state index is 13.1. The van der Waals surface area contributed by atoms with Gasteiger partial charge in [-0.2, -0.15) is 0 Å². The van der Waals surface area contributed by atoms with Gasteiger partial charge < -0.3 is 4.74 Å². The van der Waals surface area contributed by atoms with Gasteiger partial charge in [-0.25, -0.2) is 4.39 Å². The summed E-state index contributed by atoms with van der Waals surface area (Å²) in [5.74, 6) is 0.317. The topological polar surface area (TPSA) is 9.23 Å². The summed E-state index contributed by atoms with van der Waals surface area (Å²) in [5.41, 5.74) is 0.619. The van der Waals surface area contributed by atoms with Crippen LogP contribution in [-0.4, -0.2) is 6.61 Å². The van der Waals surface area contributed by atoms with E-state index in [1.165, 1.54) is 12.1 Å². The molecule has 0 saturated heterocycles. The minimum atomic E-state index is -0.214. The smallest absolute Gasteiger partial charge is 0.143 e. The highest BCUT2D eigenvalue weighted by Gasteiger charge is 2.17. The molecule has 0 atom stereocenters. The first-order valence-corrected chi connectivity index (χ1v) is 4.26. The second-order valence-electron chi connectivity index (χ2n) is 2.79. The number of ether oxygens (including phenoxy) is 1. The monoisotopic (exact) mass is 186 g/mol. The van der Waals surface area contributed by atoms with E-state index in [-0.39, 0.29) is 5.82 Å².